The third kappa shape index (κ3) is 3.19. The lowest BCUT2D eigenvalue weighted by Crippen LogP contribution is -2.46. The highest BCUT2D eigenvalue weighted by Gasteiger charge is 2.26. The van der Waals surface area contributed by atoms with Crippen LogP contribution in [0.25, 0.3) is 0 Å². The Hall–Kier alpha value is -1.10. The number of likely N-dealkylation sites (tertiary alicyclic amines) is 1. The third-order valence-corrected chi connectivity index (χ3v) is 3.82. The van der Waals surface area contributed by atoms with Crippen LogP contribution in [0.2, 0.25) is 0 Å². The highest BCUT2D eigenvalue weighted by molar-refractivity contribution is 5.83. The number of carbonyl (C=O) groups is 2. The van der Waals surface area contributed by atoms with Crippen LogP contribution in [0.5, 0.6) is 0 Å². The summed E-state index contributed by atoms with van der Waals surface area (Å²) in [5.74, 6) is 0.106. The summed E-state index contributed by atoms with van der Waals surface area (Å²) < 4.78 is 0. The Morgan fingerprint density at radius 1 is 1.53 bits per heavy atom. The number of carbonyl (C=O) groups excluding carboxylic acids is 2. The van der Waals surface area contributed by atoms with Crippen molar-refractivity contribution < 1.29 is 9.59 Å². The van der Waals surface area contributed by atoms with Gasteiger partial charge in [0.1, 0.15) is 0 Å². The van der Waals surface area contributed by atoms with Gasteiger partial charge in [-0.1, -0.05) is 0 Å². The number of hydrogen-bond acceptors (Lipinski definition) is 3. The summed E-state index contributed by atoms with van der Waals surface area (Å²) in [7, 11) is 2.10. The Balaban J connectivity index is 1.71. The molecule has 0 bridgehead atoms. The van der Waals surface area contributed by atoms with Crippen LogP contribution < -0.4 is 10.6 Å². The van der Waals surface area contributed by atoms with E-state index >= 15 is 0 Å². The average Bonchev–Trinajstić information content (AvgIpc) is 2.73. The highest BCUT2D eigenvalue weighted by Crippen LogP contribution is 2.14. The molecule has 2 unspecified atom stereocenters. The monoisotopic (exact) mass is 239 g/mol. The Bertz CT molecular complexity index is 296. The van der Waals surface area contributed by atoms with Crippen LogP contribution in [0.1, 0.15) is 25.7 Å². The van der Waals surface area contributed by atoms with Crippen LogP contribution in [0.4, 0.5) is 0 Å². The Kier molecular flexibility index (Phi) is 3.99. The summed E-state index contributed by atoms with van der Waals surface area (Å²) in [6, 6.07) is 0.483. The molecule has 0 aliphatic carbocycles. The number of nitrogens with one attached hydrogen (secondary N) is 2. The van der Waals surface area contributed by atoms with Gasteiger partial charge in [0.2, 0.25) is 11.8 Å². The summed E-state index contributed by atoms with van der Waals surface area (Å²) in [4.78, 5) is 25.2. The van der Waals surface area contributed by atoms with Gasteiger partial charge in [-0.2, -0.15) is 0 Å². The molecule has 2 aliphatic heterocycles. The lowest BCUT2D eigenvalue weighted by molar-refractivity contribution is -0.129. The summed E-state index contributed by atoms with van der Waals surface area (Å²) in [6.45, 7) is 2.35. The molecule has 5 nitrogen and oxygen atoms in total. The fraction of sp³-hybridized carbons (Fsp3) is 0.833. The fourth-order valence-corrected chi connectivity index (χ4v) is 2.56. The maximum atomic E-state index is 11.9. The highest BCUT2D eigenvalue weighted by atomic mass is 16.2. The molecular formula is C12H21N3O2. The number of piperidine rings is 1. The molecule has 2 aliphatic rings. The predicted octanol–water partition coefficient (Wildman–Crippen LogP) is -0.277. The van der Waals surface area contributed by atoms with Gasteiger partial charge in [0.25, 0.3) is 0 Å². The van der Waals surface area contributed by atoms with Crippen LogP contribution in [-0.4, -0.2) is 49.4 Å². The lowest BCUT2D eigenvalue weighted by atomic mass is 9.98. The smallest absolute Gasteiger partial charge is 0.224 e. The zero-order valence-electron chi connectivity index (χ0n) is 10.4. The molecule has 2 heterocycles. The van der Waals surface area contributed by atoms with Crippen molar-refractivity contribution >= 4 is 11.8 Å². The summed E-state index contributed by atoms with van der Waals surface area (Å²) in [5.41, 5.74) is 0. The maximum absolute atomic E-state index is 11.9. The van der Waals surface area contributed by atoms with Gasteiger partial charge in [-0.25, -0.2) is 0 Å². The van der Waals surface area contributed by atoms with Gasteiger partial charge in [0.05, 0.1) is 5.92 Å². The number of rotatable bonds is 3. The van der Waals surface area contributed by atoms with Crippen molar-refractivity contribution in [3.8, 4) is 0 Å². The van der Waals surface area contributed by atoms with E-state index in [2.05, 4.69) is 22.6 Å². The molecule has 2 atom stereocenters. The molecule has 17 heavy (non-hydrogen) atoms. The van der Waals surface area contributed by atoms with Gasteiger partial charge in [-0.15, -0.1) is 0 Å². The molecular weight excluding hydrogens is 218 g/mol. The molecule has 0 saturated carbocycles. The zero-order valence-corrected chi connectivity index (χ0v) is 10.4. The zero-order chi connectivity index (χ0) is 12.3. The van der Waals surface area contributed by atoms with Crippen LogP contribution in [0.3, 0.4) is 0 Å². The molecule has 2 N–H and O–H groups in total. The standard InChI is InChI=1S/C12H21N3O2/c1-15-6-2-3-10(15)8-14-12(17)9-4-5-11(16)13-7-9/h9-10H,2-8H2,1H3,(H,13,16)(H,14,17). The first-order valence-electron chi connectivity index (χ1n) is 6.41. The van der Waals surface area contributed by atoms with E-state index in [1.165, 1.54) is 6.42 Å². The van der Waals surface area contributed by atoms with E-state index in [0.29, 0.717) is 25.4 Å². The van der Waals surface area contributed by atoms with Crippen LogP contribution in [-0.2, 0) is 9.59 Å². The average molecular weight is 239 g/mol. The maximum Gasteiger partial charge on any atom is 0.224 e. The van der Waals surface area contributed by atoms with E-state index in [1.807, 2.05) is 0 Å². The second kappa shape index (κ2) is 5.49. The van der Waals surface area contributed by atoms with Crippen molar-refractivity contribution in [3.63, 3.8) is 0 Å². The van der Waals surface area contributed by atoms with Crippen molar-refractivity contribution in [2.24, 2.45) is 5.92 Å². The van der Waals surface area contributed by atoms with E-state index < -0.39 is 0 Å². The molecule has 0 radical (unpaired) electrons. The normalized spacial score (nSPS) is 30.1. The minimum absolute atomic E-state index is 0.0422. The van der Waals surface area contributed by atoms with E-state index in [0.717, 1.165) is 19.5 Å². The number of likely N-dealkylation sites (N-methyl/N-ethyl adjacent to an activating group) is 1. The molecule has 2 rings (SSSR count). The number of hydrogen-bond donors (Lipinski definition) is 2. The van der Waals surface area contributed by atoms with Crippen LogP contribution in [0, 0.1) is 5.92 Å². The van der Waals surface area contributed by atoms with Gasteiger partial charge < -0.3 is 15.5 Å². The molecule has 0 aromatic rings. The van der Waals surface area contributed by atoms with Gasteiger partial charge in [0.15, 0.2) is 0 Å². The molecule has 5 heteroatoms. The number of amides is 2. The predicted molar refractivity (Wildman–Crippen MR) is 64.4 cm³/mol. The first-order valence-corrected chi connectivity index (χ1v) is 6.41. The first kappa shape index (κ1) is 12.4. The van der Waals surface area contributed by atoms with Crippen LogP contribution >= 0.6 is 0 Å². The van der Waals surface area contributed by atoms with Gasteiger partial charge in [0, 0.05) is 25.6 Å². The molecule has 0 aromatic carbocycles. The second-order valence-corrected chi connectivity index (χ2v) is 5.06. The SMILES string of the molecule is CN1CCCC1CNC(=O)C1CCC(=O)NC1. The largest absolute Gasteiger partial charge is 0.355 e. The first-order chi connectivity index (χ1) is 8.16. The van der Waals surface area contributed by atoms with Crippen molar-refractivity contribution in [1.29, 1.82) is 0 Å². The summed E-state index contributed by atoms with van der Waals surface area (Å²) in [5, 5.41) is 5.75. The van der Waals surface area contributed by atoms with E-state index in [1.54, 1.807) is 0 Å². The van der Waals surface area contributed by atoms with Gasteiger partial charge in [-0.3, -0.25) is 9.59 Å². The molecule has 0 spiro atoms. The number of nitrogens with zero attached hydrogens (tertiary/aromatic N) is 1. The Morgan fingerprint density at radius 2 is 2.35 bits per heavy atom. The van der Waals surface area contributed by atoms with Crippen LogP contribution in [0.15, 0.2) is 0 Å². The fourth-order valence-electron chi connectivity index (χ4n) is 2.56. The molecule has 0 aromatic heterocycles. The van der Waals surface area contributed by atoms with Crippen molar-refractivity contribution in [2.45, 2.75) is 31.7 Å². The van der Waals surface area contributed by atoms with E-state index in [-0.39, 0.29) is 17.7 Å². The third-order valence-electron chi connectivity index (χ3n) is 3.82. The van der Waals surface area contributed by atoms with Crippen molar-refractivity contribution in [3.05, 3.63) is 0 Å². The molecule has 96 valence electrons. The molecule has 2 amide bonds. The Morgan fingerprint density at radius 3 is 2.94 bits per heavy atom. The second-order valence-electron chi connectivity index (χ2n) is 5.06. The van der Waals surface area contributed by atoms with E-state index in [4.69, 9.17) is 0 Å². The van der Waals surface area contributed by atoms with Crippen molar-refractivity contribution in [1.82, 2.24) is 15.5 Å². The van der Waals surface area contributed by atoms with Gasteiger partial charge >= 0.3 is 0 Å². The van der Waals surface area contributed by atoms with Crippen molar-refractivity contribution in [2.75, 3.05) is 26.7 Å². The van der Waals surface area contributed by atoms with Gasteiger partial charge in [-0.05, 0) is 32.9 Å². The Labute approximate surface area is 102 Å². The quantitative estimate of drug-likeness (QED) is 0.712. The topological polar surface area (TPSA) is 61.4 Å². The summed E-state index contributed by atoms with van der Waals surface area (Å²) >= 11 is 0. The minimum Gasteiger partial charge on any atom is -0.355 e. The summed E-state index contributed by atoms with van der Waals surface area (Å²) in [6.07, 6.45) is 3.54. The molecule has 2 saturated heterocycles. The van der Waals surface area contributed by atoms with E-state index in [9.17, 15) is 9.59 Å². The lowest BCUT2D eigenvalue weighted by Gasteiger charge is -2.24. The minimum atomic E-state index is -0.0422. The molecule has 2 fully saturated rings.